The van der Waals surface area contributed by atoms with Crippen molar-refractivity contribution in [1.82, 2.24) is 9.88 Å². The van der Waals surface area contributed by atoms with Gasteiger partial charge in [0, 0.05) is 29.1 Å². The number of carboxylic acids is 1. The van der Waals surface area contributed by atoms with E-state index in [1.165, 1.54) is 0 Å². The summed E-state index contributed by atoms with van der Waals surface area (Å²) in [5.74, 6) is -0.630. The molecular weight excluding hydrogens is 367 g/mol. The van der Waals surface area contributed by atoms with Gasteiger partial charge in [-0.1, -0.05) is 30.1 Å². The van der Waals surface area contributed by atoms with E-state index in [9.17, 15) is 9.90 Å². The maximum absolute atomic E-state index is 11.3. The van der Waals surface area contributed by atoms with Crippen LogP contribution < -0.4 is 0 Å². The van der Waals surface area contributed by atoms with Crippen molar-refractivity contribution in [3.8, 4) is 11.3 Å². The van der Waals surface area contributed by atoms with Crippen LogP contribution in [0.3, 0.4) is 0 Å². The van der Waals surface area contributed by atoms with Crippen LogP contribution in [0.25, 0.3) is 11.3 Å². The number of carboxylic acid groups (broad SMARTS) is 1. The minimum Gasteiger partial charge on any atom is -0.481 e. The molecule has 128 valence electrons. The van der Waals surface area contributed by atoms with Gasteiger partial charge in [0.2, 0.25) is 0 Å². The molecule has 0 amide bonds. The molecule has 2 heterocycles. The zero-order chi connectivity index (χ0) is 17.3. The predicted molar refractivity (Wildman–Crippen MR) is 97.8 cm³/mol. The third-order valence-corrected chi connectivity index (χ3v) is 5.60. The number of benzene rings is 1. The van der Waals surface area contributed by atoms with Gasteiger partial charge >= 0.3 is 5.97 Å². The van der Waals surface area contributed by atoms with E-state index < -0.39 is 5.97 Å². The van der Waals surface area contributed by atoms with Crippen molar-refractivity contribution in [3.63, 3.8) is 0 Å². The normalized spacial score (nSPS) is 21.8. The number of nitrogens with zero attached hydrogens (tertiary/aromatic N) is 2. The first-order valence-electron chi connectivity index (χ1n) is 7.77. The van der Waals surface area contributed by atoms with E-state index in [4.69, 9.17) is 23.2 Å². The Morgan fingerprint density at radius 3 is 2.96 bits per heavy atom. The number of carbonyl (C=O) groups is 1. The van der Waals surface area contributed by atoms with E-state index >= 15 is 0 Å². The van der Waals surface area contributed by atoms with Crippen molar-refractivity contribution in [2.24, 2.45) is 11.8 Å². The summed E-state index contributed by atoms with van der Waals surface area (Å²) in [4.78, 5) is 18.1. The molecule has 1 aliphatic rings. The van der Waals surface area contributed by atoms with Crippen LogP contribution in [-0.4, -0.2) is 34.0 Å². The number of halogens is 2. The number of thiazole rings is 1. The van der Waals surface area contributed by atoms with Crippen LogP contribution in [-0.2, 0) is 11.3 Å². The van der Waals surface area contributed by atoms with Crippen LogP contribution in [0.4, 0.5) is 0 Å². The fourth-order valence-electron chi connectivity index (χ4n) is 3.16. The van der Waals surface area contributed by atoms with Crippen LogP contribution in [0.1, 0.15) is 18.4 Å². The number of likely N-dealkylation sites (tertiary alicyclic amines) is 1. The number of hydrogen-bond acceptors (Lipinski definition) is 4. The average molecular weight is 385 g/mol. The summed E-state index contributed by atoms with van der Waals surface area (Å²) in [5.41, 5.74) is 1.63. The van der Waals surface area contributed by atoms with Crippen molar-refractivity contribution in [1.29, 1.82) is 0 Å². The maximum atomic E-state index is 11.3. The molecule has 4 nitrogen and oxygen atoms in total. The molecule has 1 aliphatic heterocycles. The van der Waals surface area contributed by atoms with Gasteiger partial charge in [-0.15, -0.1) is 11.3 Å². The topological polar surface area (TPSA) is 53.4 Å². The van der Waals surface area contributed by atoms with Gasteiger partial charge in [-0.2, -0.15) is 0 Å². The lowest BCUT2D eigenvalue weighted by Gasteiger charge is -2.34. The lowest BCUT2D eigenvalue weighted by molar-refractivity contribution is -0.144. The zero-order valence-electron chi connectivity index (χ0n) is 13.2. The molecule has 1 N–H and O–H groups in total. The monoisotopic (exact) mass is 384 g/mol. The molecule has 0 spiro atoms. The highest BCUT2D eigenvalue weighted by Gasteiger charge is 2.29. The Bertz CT molecular complexity index is 750. The highest BCUT2D eigenvalue weighted by atomic mass is 35.5. The Balaban J connectivity index is 1.74. The number of aliphatic carboxylic acids is 1. The molecule has 24 heavy (non-hydrogen) atoms. The van der Waals surface area contributed by atoms with E-state index in [2.05, 4.69) is 16.8 Å². The Hall–Kier alpha value is -1.14. The Morgan fingerprint density at radius 1 is 1.42 bits per heavy atom. The molecule has 0 bridgehead atoms. The van der Waals surface area contributed by atoms with Crippen molar-refractivity contribution in [2.75, 3.05) is 13.1 Å². The van der Waals surface area contributed by atoms with Gasteiger partial charge in [0.05, 0.1) is 23.2 Å². The molecule has 3 rings (SSSR count). The van der Waals surface area contributed by atoms with Crippen molar-refractivity contribution < 1.29 is 9.90 Å². The lowest BCUT2D eigenvalue weighted by Crippen LogP contribution is -2.41. The first-order valence-corrected chi connectivity index (χ1v) is 9.41. The number of piperidine rings is 1. The molecule has 1 aromatic heterocycles. The second-order valence-electron chi connectivity index (χ2n) is 6.32. The molecule has 2 unspecified atom stereocenters. The zero-order valence-corrected chi connectivity index (χ0v) is 15.5. The molecule has 0 aliphatic carbocycles. The molecule has 2 aromatic rings. The first-order chi connectivity index (χ1) is 11.4. The molecule has 0 radical (unpaired) electrons. The molecule has 1 fully saturated rings. The first kappa shape index (κ1) is 17.7. The summed E-state index contributed by atoms with van der Waals surface area (Å²) in [6.45, 7) is 4.24. The second-order valence-corrected chi connectivity index (χ2v) is 8.11. The summed E-state index contributed by atoms with van der Waals surface area (Å²) >= 11 is 13.8. The largest absolute Gasteiger partial charge is 0.481 e. The molecule has 0 saturated carbocycles. The van der Waals surface area contributed by atoms with E-state index in [-0.39, 0.29) is 5.92 Å². The Kier molecular flexibility index (Phi) is 5.45. The van der Waals surface area contributed by atoms with Gasteiger partial charge in [-0.05, 0) is 30.5 Å². The lowest BCUT2D eigenvalue weighted by atomic mass is 9.90. The van der Waals surface area contributed by atoms with Crippen LogP contribution in [0.5, 0.6) is 0 Å². The SMILES string of the molecule is CC1CC(C(=O)O)CN(Cc2nc(-c3cc(Cl)ccc3Cl)cs2)C1. The van der Waals surface area contributed by atoms with Crippen molar-refractivity contribution in [2.45, 2.75) is 19.9 Å². The highest BCUT2D eigenvalue weighted by molar-refractivity contribution is 7.09. The fraction of sp³-hybridized carbons (Fsp3) is 0.412. The molecule has 2 atom stereocenters. The van der Waals surface area contributed by atoms with Gasteiger partial charge in [0.25, 0.3) is 0 Å². The average Bonchev–Trinajstić information content (AvgIpc) is 2.97. The van der Waals surface area contributed by atoms with Crippen LogP contribution in [0.2, 0.25) is 10.0 Å². The summed E-state index contributed by atoms with van der Waals surface area (Å²) in [6, 6.07) is 5.33. The molecule has 1 aromatic carbocycles. The van der Waals surface area contributed by atoms with E-state index in [1.807, 2.05) is 11.4 Å². The van der Waals surface area contributed by atoms with Crippen LogP contribution in [0.15, 0.2) is 23.6 Å². The standard InChI is InChI=1S/C17H18Cl2N2O2S/c1-10-4-11(17(22)23)7-21(6-10)8-16-20-15(9-24-16)13-5-12(18)2-3-14(13)19/h2-3,5,9-11H,4,6-8H2,1H3,(H,22,23). The number of rotatable bonds is 4. The highest BCUT2D eigenvalue weighted by Crippen LogP contribution is 2.32. The summed E-state index contributed by atoms with van der Waals surface area (Å²) in [7, 11) is 0. The van der Waals surface area contributed by atoms with Gasteiger partial charge in [0.15, 0.2) is 0 Å². The number of hydrogen-bond donors (Lipinski definition) is 1. The predicted octanol–water partition coefficient (Wildman–Crippen LogP) is 4.66. The maximum Gasteiger partial charge on any atom is 0.307 e. The molecule has 7 heteroatoms. The van der Waals surface area contributed by atoms with Crippen LogP contribution in [0, 0.1) is 11.8 Å². The third-order valence-electron chi connectivity index (χ3n) is 4.20. The Morgan fingerprint density at radius 2 is 2.21 bits per heavy atom. The summed E-state index contributed by atoms with van der Waals surface area (Å²) < 4.78 is 0. The second kappa shape index (κ2) is 7.40. The van der Waals surface area contributed by atoms with Crippen molar-refractivity contribution in [3.05, 3.63) is 38.6 Å². The smallest absolute Gasteiger partial charge is 0.307 e. The van der Waals surface area contributed by atoms with Gasteiger partial charge < -0.3 is 5.11 Å². The van der Waals surface area contributed by atoms with E-state index in [1.54, 1.807) is 23.5 Å². The molecule has 1 saturated heterocycles. The number of aromatic nitrogens is 1. The summed E-state index contributed by atoms with van der Waals surface area (Å²) in [6.07, 6.45) is 0.743. The Labute approximate surface area is 155 Å². The van der Waals surface area contributed by atoms with E-state index in [0.717, 1.165) is 29.2 Å². The fourth-order valence-corrected chi connectivity index (χ4v) is 4.38. The quantitative estimate of drug-likeness (QED) is 0.832. The molecular formula is C17H18Cl2N2O2S. The van der Waals surface area contributed by atoms with E-state index in [0.29, 0.717) is 29.1 Å². The van der Waals surface area contributed by atoms with Crippen molar-refractivity contribution >= 4 is 40.5 Å². The third kappa shape index (κ3) is 4.09. The summed E-state index contributed by atoms with van der Waals surface area (Å²) in [5, 5.41) is 13.4. The van der Waals surface area contributed by atoms with Crippen LogP contribution >= 0.6 is 34.5 Å². The van der Waals surface area contributed by atoms with Gasteiger partial charge in [-0.3, -0.25) is 9.69 Å². The van der Waals surface area contributed by atoms with Gasteiger partial charge in [-0.25, -0.2) is 4.98 Å². The minimum atomic E-state index is -0.711. The minimum absolute atomic E-state index is 0.296. The van der Waals surface area contributed by atoms with Gasteiger partial charge in [0.1, 0.15) is 5.01 Å².